The van der Waals surface area contributed by atoms with Crippen molar-refractivity contribution in [1.82, 2.24) is 15.2 Å². The molecule has 2 heterocycles. The van der Waals surface area contributed by atoms with Crippen molar-refractivity contribution in [3.8, 4) is 0 Å². The molecule has 1 aliphatic heterocycles. The van der Waals surface area contributed by atoms with Crippen LogP contribution in [0, 0.1) is 5.92 Å². The number of rotatable bonds is 3. The third kappa shape index (κ3) is 2.98. The van der Waals surface area contributed by atoms with Gasteiger partial charge >= 0.3 is 0 Å². The van der Waals surface area contributed by atoms with Crippen molar-refractivity contribution in [2.24, 2.45) is 5.92 Å². The number of nitrogens with zero attached hydrogens (tertiary/aromatic N) is 1. The highest BCUT2D eigenvalue weighted by atomic mass is 16.2. The Morgan fingerprint density at radius 3 is 2.83 bits per heavy atom. The molecule has 2 N–H and O–H groups in total. The molecule has 0 unspecified atom stereocenters. The summed E-state index contributed by atoms with van der Waals surface area (Å²) in [6.07, 6.45) is 5.18. The number of amides is 1. The number of aromatic nitrogens is 1. The molecule has 5 nitrogen and oxygen atoms in total. The minimum absolute atomic E-state index is 0.199. The van der Waals surface area contributed by atoms with E-state index in [0.29, 0.717) is 5.92 Å². The topological polar surface area (TPSA) is 65.2 Å². The fourth-order valence-corrected chi connectivity index (χ4v) is 2.32. The van der Waals surface area contributed by atoms with Gasteiger partial charge in [0, 0.05) is 32.1 Å². The van der Waals surface area contributed by atoms with Gasteiger partial charge in [-0.05, 0) is 31.8 Å². The maximum atomic E-state index is 12.1. The molecule has 1 aliphatic rings. The summed E-state index contributed by atoms with van der Waals surface area (Å²) < 4.78 is 0. The summed E-state index contributed by atoms with van der Waals surface area (Å²) in [5, 5.41) is 3.30. The van der Waals surface area contributed by atoms with Gasteiger partial charge in [0.2, 0.25) is 0 Å². The maximum absolute atomic E-state index is 12.1. The van der Waals surface area contributed by atoms with Crippen molar-refractivity contribution in [3.63, 3.8) is 0 Å². The van der Waals surface area contributed by atoms with Gasteiger partial charge in [0.1, 0.15) is 5.56 Å². The maximum Gasteiger partial charge on any atom is 0.259 e. The van der Waals surface area contributed by atoms with Crippen LogP contribution in [0.5, 0.6) is 0 Å². The minimum atomic E-state index is -0.226. The van der Waals surface area contributed by atoms with Gasteiger partial charge in [0.05, 0.1) is 0 Å². The molecule has 1 amide bonds. The largest absolute Gasteiger partial charge is 0.367 e. The van der Waals surface area contributed by atoms with Crippen molar-refractivity contribution in [2.45, 2.75) is 12.8 Å². The van der Waals surface area contributed by atoms with Crippen LogP contribution in [0.2, 0.25) is 0 Å². The van der Waals surface area contributed by atoms with Crippen LogP contribution >= 0.6 is 0 Å². The van der Waals surface area contributed by atoms with Crippen molar-refractivity contribution in [2.75, 3.05) is 26.7 Å². The van der Waals surface area contributed by atoms with Crippen LogP contribution in [0.4, 0.5) is 0 Å². The van der Waals surface area contributed by atoms with E-state index in [1.54, 1.807) is 11.9 Å². The van der Waals surface area contributed by atoms with E-state index in [2.05, 4.69) is 10.3 Å². The number of nitrogens with one attached hydrogen (secondary N) is 2. The Bertz CT molecular complexity index is 463. The summed E-state index contributed by atoms with van der Waals surface area (Å²) in [5.41, 5.74) is -0.00940. The number of carbonyl (C=O) groups is 1. The van der Waals surface area contributed by atoms with E-state index in [1.807, 2.05) is 0 Å². The zero-order chi connectivity index (χ0) is 13.0. The van der Waals surface area contributed by atoms with Crippen LogP contribution < -0.4 is 10.7 Å². The highest BCUT2D eigenvalue weighted by molar-refractivity contribution is 5.93. The molecule has 0 atom stereocenters. The third-order valence-electron chi connectivity index (χ3n) is 3.39. The van der Waals surface area contributed by atoms with Crippen molar-refractivity contribution < 1.29 is 4.79 Å². The second kappa shape index (κ2) is 5.82. The number of piperidine rings is 1. The average molecular weight is 249 g/mol. The monoisotopic (exact) mass is 249 g/mol. The van der Waals surface area contributed by atoms with E-state index >= 15 is 0 Å². The van der Waals surface area contributed by atoms with E-state index in [1.165, 1.54) is 18.5 Å². The molecule has 1 aromatic heterocycles. The molecule has 98 valence electrons. The summed E-state index contributed by atoms with van der Waals surface area (Å²) in [5.74, 6) is 0.332. The molecular weight excluding hydrogens is 230 g/mol. The van der Waals surface area contributed by atoms with E-state index in [0.717, 1.165) is 32.5 Å². The first-order chi connectivity index (χ1) is 8.68. The third-order valence-corrected chi connectivity index (χ3v) is 3.39. The lowest BCUT2D eigenvalue weighted by molar-refractivity contribution is 0.0761. The molecule has 0 aliphatic carbocycles. The van der Waals surface area contributed by atoms with Gasteiger partial charge in [-0.3, -0.25) is 9.59 Å². The first kappa shape index (κ1) is 12.8. The van der Waals surface area contributed by atoms with Gasteiger partial charge in [0.15, 0.2) is 5.43 Å². The number of H-pyrrole nitrogens is 1. The van der Waals surface area contributed by atoms with Gasteiger partial charge < -0.3 is 15.2 Å². The Kier molecular flexibility index (Phi) is 4.15. The summed E-state index contributed by atoms with van der Waals surface area (Å²) in [4.78, 5) is 28.1. The summed E-state index contributed by atoms with van der Waals surface area (Å²) >= 11 is 0. The standard InChI is InChI=1S/C13H19N3O2/c1-16(9-10-2-5-14-6-3-10)13(18)11-8-15-7-4-12(11)17/h4,7-8,10,14H,2-3,5-6,9H2,1H3,(H,15,17). The molecule has 1 saturated heterocycles. The molecule has 2 rings (SSSR count). The normalized spacial score (nSPS) is 16.5. The second-order valence-electron chi connectivity index (χ2n) is 4.80. The van der Waals surface area contributed by atoms with Gasteiger partial charge in [-0.1, -0.05) is 0 Å². The minimum Gasteiger partial charge on any atom is -0.367 e. The molecule has 0 spiro atoms. The van der Waals surface area contributed by atoms with Gasteiger partial charge in [-0.15, -0.1) is 0 Å². The van der Waals surface area contributed by atoms with Crippen LogP contribution in [0.3, 0.4) is 0 Å². The first-order valence-electron chi connectivity index (χ1n) is 6.32. The van der Waals surface area contributed by atoms with Crippen molar-refractivity contribution in [1.29, 1.82) is 0 Å². The molecule has 1 aromatic rings. The van der Waals surface area contributed by atoms with Crippen LogP contribution in [0.1, 0.15) is 23.2 Å². The molecule has 18 heavy (non-hydrogen) atoms. The molecule has 1 fully saturated rings. The lowest BCUT2D eigenvalue weighted by Crippen LogP contribution is -2.38. The zero-order valence-electron chi connectivity index (χ0n) is 10.6. The van der Waals surface area contributed by atoms with E-state index in [4.69, 9.17) is 0 Å². The average Bonchev–Trinajstić information content (AvgIpc) is 2.39. The lowest BCUT2D eigenvalue weighted by Gasteiger charge is -2.27. The smallest absolute Gasteiger partial charge is 0.259 e. The molecule has 0 aromatic carbocycles. The van der Waals surface area contributed by atoms with Gasteiger partial charge in [-0.2, -0.15) is 0 Å². The van der Waals surface area contributed by atoms with Gasteiger partial charge in [-0.25, -0.2) is 0 Å². The Morgan fingerprint density at radius 2 is 2.17 bits per heavy atom. The quantitative estimate of drug-likeness (QED) is 0.817. The van der Waals surface area contributed by atoms with E-state index in [9.17, 15) is 9.59 Å². The predicted molar refractivity (Wildman–Crippen MR) is 69.6 cm³/mol. The van der Waals surface area contributed by atoms with Crippen LogP contribution in [0.25, 0.3) is 0 Å². The summed E-state index contributed by atoms with van der Waals surface area (Å²) in [6.45, 7) is 2.74. The number of hydrogen-bond acceptors (Lipinski definition) is 3. The SMILES string of the molecule is CN(CC1CCNCC1)C(=O)c1c[nH]ccc1=O. The second-order valence-corrected chi connectivity index (χ2v) is 4.80. The van der Waals surface area contributed by atoms with Gasteiger partial charge in [0.25, 0.3) is 5.91 Å². The Labute approximate surface area is 106 Å². The molecule has 0 saturated carbocycles. The number of aromatic amines is 1. The molecule has 0 radical (unpaired) electrons. The van der Waals surface area contributed by atoms with Crippen LogP contribution in [-0.4, -0.2) is 42.5 Å². The Balaban J connectivity index is 2.00. The number of pyridine rings is 1. The highest BCUT2D eigenvalue weighted by Gasteiger charge is 2.20. The number of hydrogen-bond donors (Lipinski definition) is 2. The number of carbonyl (C=O) groups excluding carboxylic acids is 1. The zero-order valence-corrected chi connectivity index (χ0v) is 10.6. The summed E-state index contributed by atoms with van der Waals surface area (Å²) in [7, 11) is 1.76. The Morgan fingerprint density at radius 1 is 1.44 bits per heavy atom. The van der Waals surface area contributed by atoms with Crippen LogP contribution in [0.15, 0.2) is 23.3 Å². The highest BCUT2D eigenvalue weighted by Crippen LogP contribution is 2.13. The van der Waals surface area contributed by atoms with Crippen LogP contribution in [-0.2, 0) is 0 Å². The molecule has 5 heteroatoms. The molecular formula is C13H19N3O2. The summed E-state index contributed by atoms with van der Waals surface area (Å²) in [6, 6.07) is 1.38. The van der Waals surface area contributed by atoms with E-state index < -0.39 is 0 Å². The fourth-order valence-electron chi connectivity index (χ4n) is 2.32. The lowest BCUT2D eigenvalue weighted by atomic mass is 9.97. The Hall–Kier alpha value is -1.62. The predicted octanol–water partition coefficient (Wildman–Crippen LogP) is 0.446. The fraction of sp³-hybridized carbons (Fsp3) is 0.538. The first-order valence-corrected chi connectivity index (χ1v) is 6.32. The molecule has 0 bridgehead atoms. The van der Waals surface area contributed by atoms with Crippen molar-refractivity contribution in [3.05, 3.63) is 34.2 Å². The van der Waals surface area contributed by atoms with E-state index in [-0.39, 0.29) is 16.9 Å². The van der Waals surface area contributed by atoms with Crippen molar-refractivity contribution >= 4 is 5.91 Å².